The number of ether oxygens (including phenoxy) is 1. The number of nitrogens with one attached hydrogen (secondary N) is 1. The predicted octanol–water partition coefficient (Wildman–Crippen LogP) is 0.133. The third kappa shape index (κ3) is 4.22. The largest absolute Gasteiger partial charge is 0.487 e. The van der Waals surface area contributed by atoms with Crippen LogP contribution in [0.25, 0.3) is 0 Å². The van der Waals surface area contributed by atoms with Crippen LogP contribution in [-0.4, -0.2) is 39.3 Å². The van der Waals surface area contributed by atoms with Crippen LogP contribution in [0, 0.1) is 6.92 Å². The van der Waals surface area contributed by atoms with Crippen molar-refractivity contribution in [2.75, 3.05) is 39.3 Å². The fourth-order valence-electron chi connectivity index (χ4n) is 2.71. The van der Waals surface area contributed by atoms with Crippen LogP contribution in [0.5, 0.6) is 5.75 Å². The van der Waals surface area contributed by atoms with Crippen LogP contribution in [0.1, 0.15) is 31.9 Å². The van der Waals surface area contributed by atoms with Gasteiger partial charge in [-0.1, -0.05) is 32.9 Å². The Hall–Kier alpha value is -1.06. The summed E-state index contributed by atoms with van der Waals surface area (Å²) < 4.78 is 5.98. The van der Waals surface area contributed by atoms with Gasteiger partial charge in [0.25, 0.3) is 0 Å². The van der Waals surface area contributed by atoms with E-state index in [-0.39, 0.29) is 5.41 Å². The fraction of sp³-hybridized carbons (Fsp3) is 0.647. The molecular weight excluding hydrogens is 248 g/mol. The number of benzene rings is 1. The minimum atomic E-state index is 0.206. The van der Waals surface area contributed by atoms with Gasteiger partial charge in [-0.2, -0.15) is 0 Å². The summed E-state index contributed by atoms with van der Waals surface area (Å²) in [5.74, 6) is 1.04. The molecule has 0 spiro atoms. The van der Waals surface area contributed by atoms with Gasteiger partial charge in [0, 0.05) is 0 Å². The zero-order valence-corrected chi connectivity index (χ0v) is 13.5. The monoisotopic (exact) mass is 278 g/mol. The number of piperazine rings is 1. The molecule has 1 aliphatic rings. The molecule has 112 valence electrons. The summed E-state index contributed by atoms with van der Waals surface area (Å²) in [6.07, 6.45) is 0. The smallest absolute Gasteiger partial charge is 0.137 e. The molecule has 1 aromatic carbocycles. The van der Waals surface area contributed by atoms with Crippen LogP contribution in [0.4, 0.5) is 0 Å². The Bertz CT molecular complexity index is 431. The summed E-state index contributed by atoms with van der Waals surface area (Å²) >= 11 is 0. The summed E-state index contributed by atoms with van der Waals surface area (Å²) in [7, 11) is 0. The minimum Gasteiger partial charge on any atom is -0.487 e. The molecular formula is C17H30N2O+2. The van der Waals surface area contributed by atoms with E-state index in [0.29, 0.717) is 0 Å². The van der Waals surface area contributed by atoms with E-state index < -0.39 is 0 Å². The summed E-state index contributed by atoms with van der Waals surface area (Å²) in [6, 6.07) is 6.60. The molecule has 3 nitrogen and oxygen atoms in total. The maximum atomic E-state index is 5.98. The standard InChI is InChI=1S/C17H28N2O/c1-14-13-15(17(2,3)4)5-6-16(14)20-12-11-19-9-7-18-8-10-19/h5-6,13,18H,7-12H2,1-4H3/p+2. The van der Waals surface area contributed by atoms with Crippen molar-refractivity contribution in [3.63, 3.8) is 0 Å². The van der Waals surface area contributed by atoms with Crippen molar-refractivity contribution in [2.45, 2.75) is 33.1 Å². The van der Waals surface area contributed by atoms with Gasteiger partial charge in [0.15, 0.2) is 0 Å². The van der Waals surface area contributed by atoms with Gasteiger partial charge in [-0.3, -0.25) is 0 Å². The molecule has 0 saturated carbocycles. The Morgan fingerprint density at radius 2 is 1.90 bits per heavy atom. The fourth-order valence-corrected chi connectivity index (χ4v) is 2.71. The van der Waals surface area contributed by atoms with Crippen LogP contribution in [-0.2, 0) is 5.41 Å². The molecule has 0 aliphatic carbocycles. The van der Waals surface area contributed by atoms with Gasteiger partial charge in [0.05, 0.1) is 0 Å². The van der Waals surface area contributed by atoms with Crippen molar-refractivity contribution >= 4 is 0 Å². The first-order chi connectivity index (χ1) is 9.47. The van der Waals surface area contributed by atoms with Gasteiger partial charge in [0.2, 0.25) is 0 Å². The summed E-state index contributed by atoms with van der Waals surface area (Å²) in [5, 5.41) is 2.40. The first kappa shape index (κ1) is 15.3. The zero-order valence-electron chi connectivity index (χ0n) is 13.5. The van der Waals surface area contributed by atoms with E-state index in [4.69, 9.17) is 4.74 Å². The highest BCUT2D eigenvalue weighted by Gasteiger charge is 2.16. The molecule has 3 heteroatoms. The van der Waals surface area contributed by atoms with Gasteiger partial charge in [-0.05, 0) is 29.5 Å². The number of aryl methyl sites for hydroxylation is 1. The quantitative estimate of drug-likeness (QED) is 0.806. The minimum absolute atomic E-state index is 0.206. The maximum absolute atomic E-state index is 5.98. The summed E-state index contributed by atoms with van der Waals surface area (Å²) in [5.41, 5.74) is 2.83. The number of hydrogen-bond acceptors (Lipinski definition) is 1. The molecule has 1 aliphatic heterocycles. The van der Waals surface area contributed by atoms with E-state index in [1.165, 1.54) is 37.3 Å². The lowest BCUT2D eigenvalue weighted by molar-refractivity contribution is -0.946. The third-order valence-electron chi connectivity index (χ3n) is 4.16. The van der Waals surface area contributed by atoms with Gasteiger partial charge in [-0.25, -0.2) is 0 Å². The highest BCUT2D eigenvalue weighted by atomic mass is 16.5. The highest BCUT2D eigenvalue weighted by molar-refractivity contribution is 5.38. The molecule has 2 rings (SSSR count). The SMILES string of the molecule is Cc1cc(C(C)(C)C)ccc1OCC[NH+]1CC[NH2+]CC1. The van der Waals surface area contributed by atoms with Crippen molar-refractivity contribution in [1.29, 1.82) is 0 Å². The maximum Gasteiger partial charge on any atom is 0.137 e. The van der Waals surface area contributed by atoms with Gasteiger partial charge in [-0.15, -0.1) is 0 Å². The molecule has 1 aromatic rings. The van der Waals surface area contributed by atoms with Crippen molar-refractivity contribution in [2.24, 2.45) is 0 Å². The van der Waals surface area contributed by atoms with Crippen molar-refractivity contribution in [3.8, 4) is 5.75 Å². The van der Waals surface area contributed by atoms with E-state index >= 15 is 0 Å². The second-order valence-electron chi connectivity index (χ2n) is 6.94. The Morgan fingerprint density at radius 3 is 2.50 bits per heavy atom. The number of rotatable bonds is 4. The molecule has 1 heterocycles. The number of hydrogen-bond donors (Lipinski definition) is 2. The Morgan fingerprint density at radius 1 is 1.20 bits per heavy atom. The molecule has 0 radical (unpaired) electrons. The van der Waals surface area contributed by atoms with Gasteiger partial charge >= 0.3 is 0 Å². The molecule has 0 unspecified atom stereocenters. The van der Waals surface area contributed by atoms with Crippen LogP contribution in [0.15, 0.2) is 18.2 Å². The van der Waals surface area contributed by atoms with E-state index in [1.54, 1.807) is 4.90 Å². The van der Waals surface area contributed by atoms with Crippen LogP contribution >= 0.6 is 0 Å². The summed E-state index contributed by atoms with van der Waals surface area (Å²) in [4.78, 5) is 1.68. The van der Waals surface area contributed by atoms with E-state index in [9.17, 15) is 0 Å². The van der Waals surface area contributed by atoms with E-state index in [1.807, 2.05) is 0 Å². The Kier molecular flexibility index (Phi) is 5.06. The van der Waals surface area contributed by atoms with Crippen LogP contribution in [0.3, 0.4) is 0 Å². The average molecular weight is 278 g/mol. The topological polar surface area (TPSA) is 30.3 Å². The molecule has 0 atom stereocenters. The second-order valence-corrected chi connectivity index (χ2v) is 6.94. The Labute approximate surface area is 123 Å². The zero-order chi connectivity index (χ0) is 14.6. The molecule has 20 heavy (non-hydrogen) atoms. The molecule has 0 aromatic heterocycles. The van der Waals surface area contributed by atoms with Crippen LogP contribution in [0.2, 0.25) is 0 Å². The molecule has 0 bridgehead atoms. The lowest BCUT2D eigenvalue weighted by Gasteiger charge is -2.23. The van der Waals surface area contributed by atoms with Crippen molar-refractivity contribution in [3.05, 3.63) is 29.3 Å². The average Bonchev–Trinajstić information content (AvgIpc) is 2.40. The summed E-state index contributed by atoms with van der Waals surface area (Å²) in [6.45, 7) is 15.9. The molecule has 1 saturated heterocycles. The first-order valence-electron chi connectivity index (χ1n) is 7.86. The molecule has 1 fully saturated rings. The normalized spacial score (nSPS) is 17.2. The van der Waals surface area contributed by atoms with Crippen LogP contribution < -0.4 is 15.0 Å². The lowest BCUT2D eigenvalue weighted by Crippen LogP contribution is -3.20. The molecule has 0 amide bonds. The second kappa shape index (κ2) is 6.59. The van der Waals surface area contributed by atoms with E-state index in [2.05, 4.69) is 51.2 Å². The predicted molar refractivity (Wildman–Crippen MR) is 82.6 cm³/mol. The van der Waals surface area contributed by atoms with E-state index in [0.717, 1.165) is 18.9 Å². The van der Waals surface area contributed by atoms with Gasteiger partial charge in [0.1, 0.15) is 45.1 Å². The lowest BCUT2D eigenvalue weighted by atomic mass is 9.86. The van der Waals surface area contributed by atoms with Gasteiger partial charge < -0.3 is 15.0 Å². The van der Waals surface area contributed by atoms with Crippen molar-refractivity contribution in [1.82, 2.24) is 0 Å². The molecule has 3 N–H and O–H groups in total. The first-order valence-corrected chi connectivity index (χ1v) is 7.86. The highest BCUT2D eigenvalue weighted by Crippen LogP contribution is 2.27. The van der Waals surface area contributed by atoms with Crippen molar-refractivity contribution < 1.29 is 15.0 Å². The Balaban J connectivity index is 1.86. The third-order valence-corrected chi connectivity index (χ3v) is 4.16. The number of nitrogens with two attached hydrogens (primary N) is 1. The number of quaternary nitrogens is 2.